The van der Waals surface area contributed by atoms with Crippen LogP contribution in [0.15, 0.2) is 60.7 Å². The van der Waals surface area contributed by atoms with E-state index in [0.29, 0.717) is 13.1 Å². The molecule has 0 aliphatic heterocycles. The SMILES string of the molecule is O[C@@H]1CC(N(Cc2ccccc2)Cc2ccccc2)CC[C@@]1(O)C(F)(F)F. The maximum atomic E-state index is 13.2. The number of hydrogen-bond acceptors (Lipinski definition) is 3. The molecule has 1 aliphatic carbocycles. The first kappa shape index (κ1) is 19.9. The van der Waals surface area contributed by atoms with E-state index in [9.17, 15) is 23.4 Å². The van der Waals surface area contributed by atoms with Gasteiger partial charge in [-0.3, -0.25) is 4.90 Å². The van der Waals surface area contributed by atoms with Gasteiger partial charge in [0.2, 0.25) is 0 Å². The van der Waals surface area contributed by atoms with Gasteiger partial charge in [0.05, 0.1) is 6.10 Å². The van der Waals surface area contributed by atoms with Crippen LogP contribution in [0.1, 0.15) is 30.4 Å². The predicted octanol–water partition coefficient (Wildman–Crippen LogP) is 3.90. The summed E-state index contributed by atoms with van der Waals surface area (Å²) in [6.07, 6.45) is -7.10. The predicted molar refractivity (Wildman–Crippen MR) is 96.8 cm³/mol. The van der Waals surface area contributed by atoms with Gasteiger partial charge in [0.15, 0.2) is 5.60 Å². The van der Waals surface area contributed by atoms with E-state index in [4.69, 9.17) is 0 Å². The van der Waals surface area contributed by atoms with E-state index in [-0.39, 0.29) is 18.9 Å². The molecule has 1 saturated carbocycles. The second kappa shape index (κ2) is 8.00. The summed E-state index contributed by atoms with van der Waals surface area (Å²) in [4.78, 5) is 2.09. The highest BCUT2D eigenvalue weighted by Crippen LogP contribution is 2.43. The summed E-state index contributed by atoms with van der Waals surface area (Å²) in [5.74, 6) is 0. The van der Waals surface area contributed by atoms with Gasteiger partial charge in [-0.15, -0.1) is 0 Å². The summed E-state index contributed by atoms with van der Waals surface area (Å²) >= 11 is 0. The van der Waals surface area contributed by atoms with Gasteiger partial charge in [-0.2, -0.15) is 13.2 Å². The minimum absolute atomic E-state index is 0.115. The van der Waals surface area contributed by atoms with Gasteiger partial charge in [0.1, 0.15) is 0 Å². The van der Waals surface area contributed by atoms with E-state index in [1.54, 1.807) is 0 Å². The minimum atomic E-state index is -4.83. The molecule has 0 saturated heterocycles. The van der Waals surface area contributed by atoms with E-state index in [1.807, 2.05) is 60.7 Å². The van der Waals surface area contributed by atoms with E-state index in [1.165, 1.54) is 0 Å². The molecule has 2 aromatic carbocycles. The molecular weight excluding hydrogens is 355 g/mol. The number of aliphatic hydroxyl groups excluding tert-OH is 1. The second-order valence-corrected chi connectivity index (χ2v) is 7.24. The van der Waals surface area contributed by atoms with Crippen LogP contribution in [0, 0.1) is 0 Å². The molecule has 146 valence electrons. The third kappa shape index (κ3) is 4.51. The first-order chi connectivity index (χ1) is 12.8. The average Bonchev–Trinajstić information content (AvgIpc) is 2.64. The standard InChI is InChI=1S/C21H24F3NO2/c22-21(23,24)20(27)12-11-18(13-19(20)26)25(14-16-7-3-1-4-8-16)15-17-9-5-2-6-10-17/h1-10,18-19,26-27H,11-15H2/t18?,19-,20+/m1/s1. The lowest BCUT2D eigenvalue weighted by Gasteiger charge is -2.44. The molecule has 2 N–H and O–H groups in total. The number of aliphatic hydroxyl groups is 2. The van der Waals surface area contributed by atoms with Crippen molar-refractivity contribution in [3.05, 3.63) is 71.8 Å². The van der Waals surface area contributed by atoms with E-state index in [0.717, 1.165) is 11.1 Å². The fourth-order valence-electron chi connectivity index (χ4n) is 3.74. The van der Waals surface area contributed by atoms with Gasteiger partial charge in [-0.1, -0.05) is 60.7 Å². The van der Waals surface area contributed by atoms with Gasteiger partial charge in [-0.05, 0) is 30.4 Å². The van der Waals surface area contributed by atoms with E-state index in [2.05, 4.69) is 4.90 Å². The van der Waals surface area contributed by atoms with Crippen molar-refractivity contribution >= 4 is 0 Å². The molecular formula is C21H24F3NO2. The van der Waals surface area contributed by atoms with Crippen LogP contribution < -0.4 is 0 Å². The Morgan fingerprint density at radius 2 is 1.41 bits per heavy atom. The quantitative estimate of drug-likeness (QED) is 0.828. The molecule has 0 radical (unpaired) electrons. The van der Waals surface area contributed by atoms with Crippen molar-refractivity contribution in [3.8, 4) is 0 Å². The molecule has 3 atom stereocenters. The first-order valence-corrected chi connectivity index (χ1v) is 9.08. The lowest BCUT2D eigenvalue weighted by Crippen LogP contribution is -2.59. The van der Waals surface area contributed by atoms with E-state index >= 15 is 0 Å². The molecule has 1 unspecified atom stereocenters. The molecule has 3 rings (SSSR count). The molecule has 3 nitrogen and oxygen atoms in total. The van der Waals surface area contributed by atoms with Gasteiger partial charge >= 0.3 is 6.18 Å². The van der Waals surface area contributed by atoms with Gasteiger partial charge in [0, 0.05) is 19.1 Å². The zero-order valence-electron chi connectivity index (χ0n) is 14.9. The maximum absolute atomic E-state index is 13.2. The molecule has 0 aromatic heterocycles. The Hall–Kier alpha value is -1.89. The highest BCUT2D eigenvalue weighted by atomic mass is 19.4. The highest BCUT2D eigenvalue weighted by molar-refractivity contribution is 5.17. The van der Waals surface area contributed by atoms with Crippen LogP contribution in [-0.4, -0.2) is 39.0 Å². The Labute approximate surface area is 157 Å². The van der Waals surface area contributed by atoms with Crippen molar-refractivity contribution in [3.63, 3.8) is 0 Å². The summed E-state index contributed by atoms with van der Waals surface area (Å²) < 4.78 is 39.5. The number of benzene rings is 2. The largest absolute Gasteiger partial charge is 0.419 e. The van der Waals surface area contributed by atoms with E-state index < -0.39 is 24.3 Å². The summed E-state index contributed by atoms with van der Waals surface area (Å²) in [7, 11) is 0. The van der Waals surface area contributed by atoms with Crippen LogP contribution >= 0.6 is 0 Å². The van der Waals surface area contributed by atoms with Gasteiger partial charge in [-0.25, -0.2) is 0 Å². The van der Waals surface area contributed by atoms with Crippen LogP contribution in [0.3, 0.4) is 0 Å². The Kier molecular flexibility index (Phi) is 5.89. The smallest absolute Gasteiger partial charge is 0.390 e. The van der Waals surface area contributed by atoms with Crippen LogP contribution in [0.2, 0.25) is 0 Å². The van der Waals surface area contributed by atoms with Crippen LogP contribution in [0.4, 0.5) is 13.2 Å². The lowest BCUT2D eigenvalue weighted by molar-refractivity contribution is -0.302. The molecule has 27 heavy (non-hydrogen) atoms. The average molecular weight is 379 g/mol. The highest BCUT2D eigenvalue weighted by Gasteiger charge is 2.60. The van der Waals surface area contributed by atoms with Crippen LogP contribution in [-0.2, 0) is 13.1 Å². The van der Waals surface area contributed by atoms with Gasteiger partial charge < -0.3 is 10.2 Å². The molecule has 6 heteroatoms. The molecule has 0 heterocycles. The Bertz CT molecular complexity index is 682. The van der Waals surface area contributed by atoms with Crippen molar-refractivity contribution in [2.45, 2.75) is 56.3 Å². The summed E-state index contributed by atoms with van der Waals surface area (Å²) in [6.45, 7) is 1.13. The van der Waals surface area contributed by atoms with Gasteiger partial charge in [0.25, 0.3) is 0 Å². The Morgan fingerprint density at radius 1 is 0.926 bits per heavy atom. The zero-order chi connectivity index (χ0) is 19.5. The van der Waals surface area contributed by atoms with Crippen molar-refractivity contribution in [2.24, 2.45) is 0 Å². The van der Waals surface area contributed by atoms with Crippen molar-refractivity contribution in [1.29, 1.82) is 0 Å². The molecule has 1 aliphatic rings. The number of hydrogen-bond donors (Lipinski definition) is 2. The summed E-state index contributed by atoms with van der Waals surface area (Å²) in [6, 6.07) is 19.2. The minimum Gasteiger partial charge on any atom is -0.390 e. The zero-order valence-corrected chi connectivity index (χ0v) is 14.9. The van der Waals surface area contributed by atoms with Crippen LogP contribution in [0.5, 0.6) is 0 Å². The molecule has 1 fully saturated rings. The maximum Gasteiger partial charge on any atom is 0.419 e. The second-order valence-electron chi connectivity index (χ2n) is 7.24. The fraction of sp³-hybridized carbons (Fsp3) is 0.429. The lowest BCUT2D eigenvalue weighted by atomic mass is 9.78. The Balaban J connectivity index is 1.79. The third-order valence-electron chi connectivity index (χ3n) is 5.37. The van der Waals surface area contributed by atoms with Crippen molar-refractivity contribution in [2.75, 3.05) is 0 Å². The number of alkyl halides is 3. The normalized spacial score (nSPS) is 26.3. The summed E-state index contributed by atoms with van der Waals surface area (Å²) in [5.41, 5.74) is -0.909. The number of nitrogens with zero attached hydrogens (tertiary/aromatic N) is 1. The number of rotatable bonds is 5. The topological polar surface area (TPSA) is 43.7 Å². The molecule has 0 bridgehead atoms. The van der Waals surface area contributed by atoms with Crippen molar-refractivity contribution in [1.82, 2.24) is 4.90 Å². The molecule has 0 amide bonds. The molecule has 2 aromatic rings. The monoisotopic (exact) mass is 379 g/mol. The fourth-order valence-corrected chi connectivity index (χ4v) is 3.74. The van der Waals surface area contributed by atoms with Crippen molar-refractivity contribution < 1.29 is 23.4 Å². The number of halogens is 3. The Morgan fingerprint density at radius 3 is 1.81 bits per heavy atom. The first-order valence-electron chi connectivity index (χ1n) is 9.08. The molecule has 0 spiro atoms. The summed E-state index contributed by atoms with van der Waals surface area (Å²) in [5, 5.41) is 20.1. The van der Waals surface area contributed by atoms with Crippen LogP contribution in [0.25, 0.3) is 0 Å². The third-order valence-corrected chi connectivity index (χ3v) is 5.37.